The molecule has 0 saturated carbocycles. The summed E-state index contributed by atoms with van der Waals surface area (Å²) in [5.41, 5.74) is 2.86. The third-order valence-electron chi connectivity index (χ3n) is 3.62. The second-order valence-electron chi connectivity index (χ2n) is 5.02. The van der Waals surface area contributed by atoms with Gasteiger partial charge in [-0.15, -0.1) is 0 Å². The smallest absolute Gasteiger partial charge is 0.105 e. The first kappa shape index (κ1) is 13.7. The number of aromatic nitrogens is 1. The molecule has 0 aliphatic carbocycles. The van der Waals surface area contributed by atoms with Crippen LogP contribution in [-0.4, -0.2) is 17.2 Å². The Balaban J connectivity index is 1.98. The highest BCUT2D eigenvalue weighted by Gasteiger charge is 2.13. The lowest BCUT2D eigenvalue weighted by molar-refractivity contribution is 0.184. The fraction of sp³-hybridized carbons (Fsp3) is 0.167. The maximum atomic E-state index is 10.7. The van der Waals surface area contributed by atoms with Gasteiger partial charge in [0.15, 0.2) is 0 Å². The SMILES string of the molecule is COCc1ccc(C(O)c2cccc3cnccc23)cc1. The van der Waals surface area contributed by atoms with Crippen LogP contribution < -0.4 is 0 Å². The van der Waals surface area contributed by atoms with E-state index in [1.165, 1.54) is 0 Å². The van der Waals surface area contributed by atoms with Gasteiger partial charge in [-0.3, -0.25) is 4.98 Å². The zero-order valence-corrected chi connectivity index (χ0v) is 11.9. The summed E-state index contributed by atoms with van der Waals surface area (Å²) in [6, 6.07) is 15.7. The molecule has 3 aromatic rings. The normalized spacial score (nSPS) is 12.5. The molecule has 0 bridgehead atoms. The molecule has 1 aromatic heterocycles. The van der Waals surface area contributed by atoms with Crippen molar-refractivity contribution in [1.82, 2.24) is 4.98 Å². The molecule has 0 amide bonds. The lowest BCUT2D eigenvalue weighted by Gasteiger charge is -2.14. The van der Waals surface area contributed by atoms with Crippen LogP contribution in [0.3, 0.4) is 0 Å². The van der Waals surface area contributed by atoms with Gasteiger partial charge in [0.05, 0.1) is 6.61 Å². The predicted molar refractivity (Wildman–Crippen MR) is 83.0 cm³/mol. The van der Waals surface area contributed by atoms with Gasteiger partial charge in [0.25, 0.3) is 0 Å². The van der Waals surface area contributed by atoms with E-state index in [-0.39, 0.29) is 0 Å². The Hall–Kier alpha value is -2.23. The van der Waals surface area contributed by atoms with Crippen LogP contribution in [0, 0.1) is 0 Å². The molecule has 106 valence electrons. The maximum absolute atomic E-state index is 10.7. The highest BCUT2D eigenvalue weighted by Crippen LogP contribution is 2.28. The quantitative estimate of drug-likeness (QED) is 0.795. The summed E-state index contributed by atoms with van der Waals surface area (Å²) >= 11 is 0. The predicted octanol–water partition coefficient (Wildman–Crippen LogP) is 3.46. The van der Waals surface area contributed by atoms with Crippen LogP contribution in [0.2, 0.25) is 0 Å². The van der Waals surface area contributed by atoms with Gasteiger partial charge in [-0.2, -0.15) is 0 Å². The fourth-order valence-electron chi connectivity index (χ4n) is 2.53. The van der Waals surface area contributed by atoms with Crippen molar-refractivity contribution in [3.8, 4) is 0 Å². The minimum atomic E-state index is -0.646. The van der Waals surface area contributed by atoms with Crippen molar-refractivity contribution in [1.29, 1.82) is 0 Å². The van der Waals surface area contributed by atoms with E-state index in [1.807, 2.05) is 54.7 Å². The standard InChI is InChI=1S/C18H17NO2/c1-21-12-13-5-7-14(8-6-13)18(20)17-4-2-3-15-11-19-10-9-16(15)17/h2-11,18,20H,12H2,1H3. The topological polar surface area (TPSA) is 42.4 Å². The van der Waals surface area contributed by atoms with Gasteiger partial charge in [-0.1, -0.05) is 42.5 Å². The van der Waals surface area contributed by atoms with Gasteiger partial charge in [0.1, 0.15) is 6.10 Å². The maximum Gasteiger partial charge on any atom is 0.105 e. The first-order chi connectivity index (χ1) is 10.3. The molecule has 1 unspecified atom stereocenters. The summed E-state index contributed by atoms with van der Waals surface area (Å²) in [5.74, 6) is 0. The van der Waals surface area contributed by atoms with Crippen molar-refractivity contribution in [2.75, 3.05) is 7.11 Å². The number of nitrogens with zero attached hydrogens (tertiary/aromatic N) is 1. The van der Waals surface area contributed by atoms with Crippen LogP contribution in [0.1, 0.15) is 22.8 Å². The van der Waals surface area contributed by atoms with Crippen molar-refractivity contribution in [2.24, 2.45) is 0 Å². The summed E-state index contributed by atoms with van der Waals surface area (Å²) in [6.07, 6.45) is 2.92. The summed E-state index contributed by atoms with van der Waals surface area (Å²) in [5, 5.41) is 12.7. The third-order valence-corrected chi connectivity index (χ3v) is 3.62. The Morgan fingerprint density at radius 2 is 1.90 bits per heavy atom. The van der Waals surface area contributed by atoms with Crippen molar-refractivity contribution in [2.45, 2.75) is 12.7 Å². The number of methoxy groups -OCH3 is 1. The van der Waals surface area contributed by atoms with Crippen molar-refractivity contribution in [3.05, 3.63) is 77.6 Å². The minimum absolute atomic E-state index is 0.580. The second kappa shape index (κ2) is 6.04. The van der Waals surface area contributed by atoms with E-state index in [9.17, 15) is 5.11 Å². The number of hydrogen-bond donors (Lipinski definition) is 1. The Morgan fingerprint density at radius 1 is 1.10 bits per heavy atom. The van der Waals surface area contributed by atoms with Crippen LogP contribution in [-0.2, 0) is 11.3 Å². The highest BCUT2D eigenvalue weighted by molar-refractivity contribution is 5.85. The fourth-order valence-corrected chi connectivity index (χ4v) is 2.53. The summed E-state index contributed by atoms with van der Waals surface area (Å²) in [4.78, 5) is 4.12. The molecule has 0 spiro atoms. The number of fused-ring (bicyclic) bond motifs is 1. The number of aliphatic hydroxyl groups is 1. The van der Waals surface area contributed by atoms with E-state index in [0.29, 0.717) is 6.61 Å². The van der Waals surface area contributed by atoms with Gasteiger partial charge in [0, 0.05) is 24.9 Å². The number of benzene rings is 2. The van der Waals surface area contributed by atoms with E-state index in [1.54, 1.807) is 13.3 Å². The number of pyridine rings is 1. The number of ether oxygens (including phenoxy) is 1. The van der Waals surface area contributed by atoms with Crippen LogP contribution in [0.15, 0.2) is 60.9 Å². The molecule has 1 heterocycles. The summed E-state index contributed by atoms with van der Waals surface area (Å²) in [6.45, 7) is 0.580. The van der Waals surface area contributed by atoms with E-state index < -0.39 is 6.10 Å². The second-order valence-corrected chi connectivity index (χ2v) is 5.02. The summed E-state index contributed by atoms with van der Waals surface area (Å²) < 4.78 is 5.10. The zero-order valence-electron chi connectivity index (χ0n) is 11.9. The van der Waals surface area contributed by atoms with E-state index >= 15 is 0 Å². The van der Waals surface area contributed by atoms with Crippen molar-refractivity contribution in [3.63, 3.8) is 0 Å². The molecular formula is C18H17NO2. The molecular weight excluding hydrogens is 262 g/mol. The Kier molecular flexibility index (Phi) is 3.95. The lowest BCUT2D eigenvalue weighted by Crippen LogP contribution is -2.01. The van der Waals surface area contributed by atoms with Gasteiger partial charge < -0.3 is 9.84 Å². The van der Waals surface area contributed by atoms with Crippen molar-refractivity contribution >= 4 is 10.8 Å². The van der Waals surface area contributed by atoms with Gasteiger partial charge in [-0.25, -0.2) is 0 Å². The Bertz CT molecular complexity index is 732. The van der Waals surface area contributed by atoms with E-state index in [4.69, 9.17) is 4.74 Å². The molecule has 0 aliphatic heterocycles. The molecule has 0 aliphatic rings. The third kappa shape index (κ3) is 2.79. The first-order valence-electron chi connectivity index (χ1n) is 6.88. The minimum Gasteiger partial charge on any atom is -0.384 e. The van der Waals surface area contributed by atoms with Crippen LogP contribution in [0.4, 0.5) is 0 Å². The van der Waals surface area contributed by atoms with Crippen LogP contribution >= 0.6 is 0 Å². The molecule has 0 fully saturated rings. The zero-order chi connectivity index (χ0) is 14.7. The van der Waals surface area contributed by atoms with Gasteiger partial charge in [-0.05, 0) is 28.1 Å². The highest BCUT2D eigenvalue weighted by atomic mass is 16.5. The molecule has 3 nitrogen and oxygen atoms in total. The number of aliphatic hydroxyl groups excluding tert-OH is 1. The molecule has 3 rings (SSSR count). The number of hydrogen-bond acceptors (Lipinski definition) is 3. The molecule has 21 heavy (non-hydrogen) atoms. The molecule has 1 atom stereocenters. The van der Waals surface area contributed by atoms with Crippen LogP contribution in [0.25, 0.3) is 10.8 Å². The monoisotopic (exact) mass is 279 g/mol. The van der Waals surface area contributed by atoms with Gasteiger partial charge >= 0.3 is 0 Å². The Labute approximate surface area is 123 Å². The largest absolute Gasteiger partial charge is 0.384 e. The summed E-state index contributed by atoms with van der Waals surface area (Å²) in [7, 11) is 1.67. The van der Waals surface area contributed by atoms with Crippen molar-refractivity contribution < 1.29 is 9.84 Å². The molecule has 0 radical (unpaired) electrons. The molecule has 1 N–H and O–H groups in total. The van der Waals surface area contributed by atoms with E-state index in [0.717, 1.165) is 27.5 Å². The van der Waals surface area contributed by atoms with Gasteiger partial charge in [0.2, 0.25) is 0 Å². The first-order valence-corrected chi connectivity index (χ1v) is 6.88. The van der Waals surface area contributed by atoms with Crippen LogP contribution in [0.5, 0.6) is 0 Å². The van der Waals surface area contributed by atoms with E-state index in [2.05, 4.69) is 4.98 Å². The molecule has 0 saturated heterocycles. The number of rotatable bonds is 4. The average molecular weight is 279 g/mol. The molecule has 2 aromatic carbocycles. The molecule has 3 heteroatoms. The Morgan fingerprint density at radius 3 is 2.67 bits per heavy atom. The average Bonchev–Trinajstić information content (AvgIpc) is 2.55. The lowest BCUT2D eigenvalue weighted by atomic mass is 9.96.